The van der Waals surface area contributed by atoms with Crippen LogP contribution in [0.5, 0.6) is 0 Å². The van der Waals surface area contributed by atoms with E-state index in [2.05, 4.69) is 13.8 Å². The number of carbonyl (C=O) groups excluding carboxylic acids is 1. The van der Waals surface area contributed by atoms with E-state index in [1.165, 1.54) is 6.07 Å². The highest BCUT2D eigenvalue weighted by molar-refractivity contribution is 7.91. The monoisotopic (exact) mass is 333 g/mol. The van der Waals surface area contributed by atoms with E-state index in [9.17, 15) is 13.2 Å². The number of hydrogen-bond acceptors (Lipinski definition) is 5. The van der Waals surface area contributed by atoms with Gasteiger partial charge in [-0.25, -0.2) is 13.6 Å². The number of hydrogen-bond donors (Lipinski definition) is 1. The maximum Gasteiger partial charge on any atom is 0.311 e. The molecule has 0 spiro atoms. The molecule has 1 rings (SSSR count). The first-order chi connectivity index (χ1) is 9.86. The van der Waals surface area contributed by atoms with Crippen LogP contribution in [0, 0.1) is 5.92 Å². The lowest BCUT2D eigenvalue weighted by Crippen LogP contribution is -2.15. The molecule has 0 radical (unpaired) electrons. The number of thiophene rings is 1. The van der Waals surface area contributed by atoms with Gasteiger partial charge in [0.1, 0.15) is 4.21 Å². The molecule has 7 heteroatoms. The summed E-state index contributed by atoms with van der Waals surface area (Å²) >= 11 is 1.01. The normalized spacial score (nSPS) is 13.1. The zero-order valence-corrected chi connectivity index (χ0v) is 14.1. The Balaban J connectivity index is 2.45. The molecule has 1 aromatic heterocycles. The van der Waals surface area contributed by atoms with Crippen molar-refractivity contribution in [3.05, 3.63) is 17.0 Å². The lowest BCUT2D eigenvalue weighted by atomic mass is 10.0. The Bertz CT molecular complexity index is 551. The van der Waals surface area contributed by atoms with Crippen molar-refractivity contribution in [1.82, 2.24) is 0 Å². The highest BCUT2D eigenvalue weighted by Crippen LogP contribution is 2.21. The molecule has 0 amide bonds. The fraction of sp³-hybridized carbons (Fsp3) is 0.643. The summed E-state index contributed by atoms with van der Waals surface area (Å²) in [5.74, 6) is 0.0741. The number of nitrogens with two attached hydrogens (primary N) is 1. The van der Waals surface area contributed by atoms with Crippen LogP contribution in [0.25, 0.3) is 0 Å². The average molecular weight is 333 g/mol. The highest BCUT2D eigenvalue weighted by atomic mass is 32.2. The van der Waals surface area contributed by atoms with Gasteiger partial charge in [-0.05, 0) is 24.5 Å². The summed E-state index contributed by atoms with van der Waals surface area (Å²) in [6.07, 6.45) is 4.41. The van der Waals surface area contributed by atoms with Gasteiger partial charge in [-0.2, -0.15) is 0 Å². The first kappa shape index (κ1) is 18.1. The van der Waals surface area contributed by atoms with Crippen LogP contribution in [-0.2, 0) is 26.0 Å². The summed E-state index contributed by atoms with van der Waals surface area (Å²) in [5.41, 5.74) is 0. The Hall–Kier alpha value is -0.920. The van der Waals surface area contributed by atoms with E-state index in [4.69, 9.17) is 9.88 Å². The van der Waals surface area contributed by atoms with Crippen LogP contribution in [-0.4, -0.2) is 21.0 Å². The van der Waals surface area contributed by atoms with Crippen molar-refractivity contribution in [3.8, 4) is 0 Å². The third kappa shape index (κ3) is 6.58. The Morgan fingerprint density at radius 1 is 1.38 bits per heavy atom. The maximum atomic E-state index is 11.8. The molecule has 0 aliphatic carbocycles. The van der Waals surface area contributed by atoms with Crippen LogP contribution in [0.2, 0.25) is 0 Å². The van der Waals surface area contributed by atoms with Crippen molar-refractivity contribution >= 4 is 27.3 Å². The van der Waals surface area contributed by atoms with E-state index >= 15 is 0 Å². The Morgan fingerprint density at radius 3 is 2.62 bits per heavy atom. The average Bonchev–Trinajstić information content (AvgIpc) is 2.87. The van der Waals surface area contributed by atoms with Crippen molar-refractivity contribution in [2.45, 2.75) is 50.2 Å². The van der Waals surface area contributed by atoms with Crippen LogP contribution in [0.4, 0.5) is 0 Å². The predicted octanol–water partition coefficient (Wildman–Crippen LogP) is 2.70. The minimum absolute atomic E-state index is 0.0691. The fourth-order valence-corrected chi connectivity index (χ4v) is 3.67. The predicted molar refractivity (Wildman–Crippen MR) is 83.7 cm³/mol. The molecular formula is C14H23NO4S2. The van der Waals surface area contributed by atoms with Crippen molar-refractivity contribution < 1.29 is 17.9 Å². The molecule has 1 unspecified atom stereocenters. The summed E-state index contributed by atoms with van der Waals surface area (Å²) in [7, 11) is -3.69. The number of sulfonamides is 1. The largest absolute Gasteiger partial charge is 0.465 e. The molecule has 1 aromatic rings. The van der Waals surface area contributed by atoms with Gasteiger partial charge in [-0.1, -0.05) is 33.1 Å². The van der Waals surface area contributed by atoms with E-state index in [1.807, 2.05) is 0 Å². The second-order valence-corrected chi connectivity index (χ2v) is 8.00. The third-order valence-corrected chi connectivity index (χ3v) is 5.78. The first-order valence-electron chi connectivity index (χ1n) is 7.14. The molecule has 5 nitrogen and oxygen atoms in total. The van der Waals surface area contributed by atoms with Crippen molar-refractivity contribution in [1.29, 1.82) is 0 Å². The van der Waals surface area contributed by atoms with Gasteiger partial charge >= 0.3 is 5.97 Å². The van der Waals surface area contributed by atoms with Crippen LogP contribution in [0.15, 0.2) is 16.3 Å². The second kappa shape index (κ2) is 8.51. The van der Waals surface area contributed by atoms with Crippen LogP contribution in [0.1, 0.15) is 44.4 Å². The zero-order valence-electron chi connectivity index (χ0n) is 12.5. The molecule has 0 fully saturated rings. The van der Waals surface area contributed by atoms with E-state index < -0.39 is 10.0 Å². The van der Waals surface area contributed by atoms with Gasteiger partial charge in [0, 0.05) is 4.88 Å². The van der Waals surface area contributed by atoms with Crippen LogP contribution in [0.3, 0.4) is 0 Å². The summed E-state index contributed by atoms with van der Waals surface area (Å²) < 4.78 is 27.7. The first-order valence-corrected chi connectivity index (χ1v) is 9.50. The van der Waals surface area contributed by atoms with Crippen molar-refractivity contribution in [2.24, 2.45) is 11.1 Å². The molecule has 1 atom stereocenters. The van der Waals surface area contributed by atoms with E-state index in [0.717, 1.165) is 37.0 Å². The molecule has 0 aliphatic rings. The number of esters is 1. The van der Waals surface area contributed by atoms with E-state index in [-0.39, 0.29) is 16.6 Å². The number of carbonyl (C=O) groups is 1. The van der Waals surface area contributed by atoms with Gasteiger partial charge in [-0.15, -0.1) is 11.3 Å². The van der Waals surface area contributed by atoms with Crippen LogP contribution >= 0.6 is 11.3 Å². The molecule has 2 N–H and O–H groups in total. The van der Waals surface area contributed by atoms with E-state index in [1.54, 1.807) is 6.07 Å². The Kier molecular flexibility index (Phi) is 7.34. The van der Waals surface area contributed by atoms with E-state index in [0.29, 0.717) is 17.4 Å². The summed E-state index contributed by atoms with van der Waals surface area (Å²) in [5, 5.41) is 5.03. The Labute approximate surface area is 130 Å². The molecule has 0 aliphatic heterocycles. The molecule has 0 aromatic carbocycles. The molecule has 1 heterocycles. The van der Waals surface area contributed by atoms with Gasteiger partial charge in [0.2, 0.25) is 10.0 Å². The second-order valence-electron chi connectivity index (χ2n) is 5.04. The van der Waals surface area contributed by atoms with Gasteiger partial charge in [0.15, 0.2) is 0 Å². The third-order valence-electron chi connectivity index (χ3n) is 3.26. The zero-order chi connectivity index (χ0) is 15.9. The number of rotatable bonds is 9. The fourth-order valence-electron chi connectivity index (χ4n) is 1.91. The molecule has 21 heavy (non-hydrogen) atoms. The summed E-state index contributed by atoms with van der Waals surface area (Å²) in [4.78, 5) is 12.4. The van der Waals surface area contributed by atoms with Crippen LogP contribution < -0.4 is 5.14 Å². The van der Waals surface area contributed by atoms with Gasteiger partial charge in [-0.3, -0.25) is 4.79 Å². The summed E-state index contributed by atoms with van der Waals surface area (Å²) in [6, 6.07) is 3.01. The van der Waals surface area contributed by atoms with Gasteiger partial charge in [0.25, 0.3) is 0 Å². The quantitative estimate of drug-likeness (QED) is 0.704. The van der Waals surface area contributed by atoms with Gasteiger partial charge < -0.3 is 4.74 Å². The van der Waals surface area contributed by atoms with Crippen molar-refractivity contribution in [2.75, 3.05) is 6.61 Å². The Morgan fingerprint density at radius 2 is 2.10 bits per heavy atom. The number of primary sulfonamides is 1. The minimum atomic E-state index is -3.69. The highest BCUT2D eigenvalue weighted by Gasteiger charge is 2.15. The lowest BCUT2D eigenvalue weighted by molar-refractivity contribution is -0.144. The smallest absolute Gasteiger partial charge is 0.311 e. The SMILES string of the molecule is CCCCC(CC)COC(=O)Cc1ccc(S(N)(=O)=O)s1. The molecule has 0 bridgehead atoms. The van der Waals surface area contributed by atoms with Gasteiger partial charge in [0.05, 0.1) is 13.0 Å². The topological polar surface area (TPSA) is 86.5 Å². The standard InChI is InChI=1S/C14H23NO4S2/c1-3-5-6-11(4-2)10-19-13(16)9-12-7-8-14(20-12)21(15,17)18/h7-8,11H,3-6,9-10H2,1-2H3,(H2,15,17,18). The number of ether oxygens (including phenoxy) is 1. The lowest BCUT2D eigenvalue weighted by Gasteiger charge is -2.14. The molecule has 120 valence electrons. The minimum Gasteiger partial charge on any atom is -0.465 e. The molecule has 0 saturated heterocycles. The number of unbranched alkanes of at least 4 members (excludes halogenated alkanes) is 1. The maximum absolute atomic E-state index is 11.8. The van der Waals surface area contributed by atoms with Crippen molar-refractivity contribution in [3.63, 3.8) is 0 Å². The molecular weight excluding hydrogens is 310 g/mol. The molecule has 0 saturated carbocycles. The summed E-state index contributed by atoms with van der Waals surface area (Å²) in [6.45, 7) is 4.66.